The number of H-pyrrole nitrogens is 1. The van der Waals surface area contributed by atoms with E-state index < -0.39 is 0 Å². The summed E-state index contributed by atoms with van der Waals surface area (Å²) >= 11 is 0. The second-order valence-corrected chi connectivity index (χ2v) is 4.10. The number of hydrogen-bond acceptors (Lipinski definition) is 2. The molecule has 1 aromatic rings. The minimum Gasteiger partial charge on any atom is -0.347 e. The van der Waals surface area contributed by atoms with E-state index in [2.05, 4.69) is 15.3 Å². The molecule has 0 aliphatic rings. The van der Waals surface area contributed by atoms with Crippen molar-refractivity contribution in [3.8, 4) is 0 Å². The minimum absolute atomic E-state index is 0.00579. The zero-order valence-corrected chi connectivity index (χ0v) is 9.58. The maximum atomic E-state index is 11.6. The van der Waals surface area contributed by atoms with Gasteiger partial charge in [-0.15, -0.1) is 0 Å². The van der Waals surface area contributed by atoms with E-state index in [-0.39, 0.29) is 11.9 Å². The third-order valence-electron chi connectivity index (χ3n) is 2.19. The van der Waals surface area contributed by atoms with Crippen LogP contribution in [0.5, 0.6) is 0 Å². The first kappa shape index (κ1) is 11.8. The molecule has 1 aromatic heterocycles. The number of hydrogen-bond donors (Lipinski definition) is 2. The highest BCUT2D eigenvalue weighted by Gasteiger charge is 2.14. The van der Waals surface area contributed by atoms with E-state index in [1.807, 2.05) is 20.8 Å². The molecule has 0 aromatic carbocycles. The second-order valence-electron chi connectivity index (χ2n) is 4.10. The lowest BCUT2D eigenvalue weighted by atomic mass is 10.1. The molecule has 15 heavy (non-hydrogen) atoms. The van der Waals surface area contributed by atoms with Crippen molar-refractivity contribution in [2.45, 2.75) is 39.7 Å². The fourth-order valence-electron chi connectivity index (χ4n) is 1.46. The van der Waals surface area contributed by atoms with Gasteiger partial charge in [0.15, 0.2) is 0 Å². The van der Waals surface area contributed by atoms with Gasteiger partial charge < -0.3 is 10.3 Å². The van der Waals surface area contributed by atoms with Crippen LogP contribution in [0.25, 0.3) is 0 Å². The van der Waals surface area contributed by atoms with Crippen LogP contribution >= 0.6 is 0 Å². The van der Waals surface area contributed by atoms with Gasteiger partial charge in [0.2, 0.25) is 5.91 Å². The summed E-state index contributed by atoms with van der Waals surface area (Å²) in [7, 11) is 0. The van der Waals surface area contributed by atoms with Crippen LogP contribution < -0.4 is 5.32 Å². The Kier molecular flexibility index (Phi) is 4.34. The zero-order chi connectivity index (χ0) is 11.3. The summed E-state index contributed by atoms with van der Waals surface area (Å²) in [5.41, 5.74) is 0. The molecule has 4 nitrogen and oxygen atoms in total. The van der Waals surface area contributed by atoms with Crippen molar-refractivity contribution >= 4 is 5.91 Å². The van der Waals surface area contributed by atoms with E-state index in [0.29, 0.717) is 12.3 Å². The monoisotopic (exact) mass is 209 g/mol. The molecule has 1 heterocycles. The van der Waals surface area contributed by atoms with Crippen molar-refractivity contribution in [3.05, 3.63) is 18.2 Å². The highest BCUT2D eigenvalue weighted by Crippen LogP contribution is 2.12. The molecule has 84 valence electrons. The molecule has 0 spiro atoms. The van der Waals surface area contributed by atoms with Gasteiger partial charge in [-0.05, 0) is 12.3 Å². The van der Waals surface area contributed by atoms with E-state index in [1.165, 1.54) is 0 Å². The first-order valence-corrected chi connectivity index (χ1v) is 5.42. The van der Waals surface area contributed by atoms with Gasteiger partial charge >= 0.3 is 0 Å². The number of rotatable bonds is 5. The SMILES string of the molecule is CCC(NC(=O)CC(C)C)c1ncc[nH]1. The Bertz CT molecular complexity index is 293. The van der Waals surface area contributed by atoms with Crippen molar-refractivity contribution in [2.75, 3.05) is 0 Å². The van der Waals surface area contributed by atoms with Gasteiger partial charge in [-0.3, -0.25) is 4.79 Å². The van der Waals surface area contributed by atoms with Crippen LogP contribution in [-0.4, -0.2) is 15.9 Å². The summed E-state index contributed by atoms with van der Waals surface area (Å²) in [4.78, 5) is 18.7. The topological polar surface area (TPSA) is 57.8 Å². The number of nitrogens with zero attached hydrogens (tertiary/aromatic N) is 1. The molecule has 2 N–H and O–H groups in total. The largest absolute Gasteiger partial charge is 0.347 e. The van der Waals surface area contributed by atoms with Crippen molar-refractivity contribution in [1.29, 1.82) is 0 Å². The van der Waals surface area contributed by atoms with E-state index in [9.17, 15) is 4.79 Å². The lowest BCUT2D eigenvalue weighted by Crippen LogP contribution is -2.29. The van der Waals surface area contributed by atoms with E-state index in [1.54, 1.807) is 12.4 Å². The van der Waals surface area contributed by atoms with Gasteiger partial charge in [-0.1, -0.05) is 20.8 Å². The molecular formula is C11H19N3O. The summed E-state index contributed by atoms with van der Waals surface area (Å²) in [5.74, 6) is 1.31. The predicted molar refractivity (Wildman–Crippen MR) is 59.2 cm³/mol. The first-order chi connectivity index (χ1) is 7.13. The minimum atomic E-state index is 0.00579. The number of carbonyl (C=O) groups is 1. The molecule has 0 aliphatic heterocycles. The summed E-state index contributed by atoms with van der Waals surface area (Å²) < 4.78 is 0. The van der Waals surface area contributed by atoms with Gasteiger partial charge in [0.25, 0.3) is 0 Å². The third kappa shape index (κ3) is 3.73. The number of amides is 1. The summed E-state index contributed by atoms with van der Waals surface area (Å²) in [5, 5.41) is 2.97. The van der Waals surface area contributed by atoms with Crippen LogP contribution in [0.1, 0.15) is 45.5 Å². The maximum absolute atomic E-state index is 11.6. The van der Waals surface area contributed by atoms with Crippen LogP contribution in [-0.2, 0) is 4.79 Å². The summed E-state index contributed by atoms with van der Waals surface area (Å²) in [6.07, 6.45) is 4.88. The lowest BCUT2D eigenvalue weighted by molar-refractivity contribution is -0.122. The lowest BCUT2D eigenvalue weighted by Gasteiger charge is -2.15. The van der Waals surface area contributed by atoms with Gasteiger partial charge in [0, 0.05) is 18.8 Å². The standard InChI is InChI=1S/C11H19N3O/c1-4-9(11-12-5-6-13-11)14-10(15)7-8(2)3/h5-6,8-9H,4,7H2,1-3H3,(H,12,13)(H,14,15). The Labute approximate surface area is 90.5 Å². The smallest absolute Gasteiger partial charge is 0.220 e. The van der Waals surface area contributed by atoms with Crippen LogP contribution in [0.4, 0.5) is 0 Å². The Morgan fingerprint density at radius 1 is 1.60 bits per heavy atom. The molecule has 0 bridgehead atoms. The molecule has 0 fully saturated rings. The highest BCUT2D eigenvalue weighted by molar-refractivity contribution is 5.76. The van der Waals surface area contributed by atoms with E-state index >= 15 is 0 Å². The molecule has 4 heteroatoms. The van der Waals surface area contributed by atoms with Crippen LogP contribution in [0.15, 0.2) is 12.4 Å². The number of carbonyl (C=O) groups excluding carboxylic acids is 1. The Morgan fingerprint density at radius 2 is 2.33 bits per heavy atom. The average Bonchev–Trinajstić information content (AvgIpc) is 2.65. The number of aromatic nitrogens is 2. The molecule has 1 rings (SSSR count). The normalized spacial score (nSPS) is 12.8. The number of nitrogens with one attached hydrogen (secondary N) is 2. The van der Waals surface area contributed by atoms with Gasteiger partial charge in [0.1, 0.15) is 5.82 Å². The van der Waals surface area contributed by atoms with Crippen LogP contribution in [0.3, 0.4) is 0 Å². The molecule has 0 saturated carbocycles. The van der Waals surface area contributed by atoms with Crippen molar-refractivity contribution in [3.63, 3.8) is 0 Å². The number of imidazole rings is 1. The van der Waals surface area contributed by atoms with Gasteiger partial charge in [-0.25, -0.2) is 4.98 Å². The maximum Gasteiger partial charge on any atom is 0.220 e. The van der Waals surface area contributed by atoms with E-state index in [4.69, 9.17) is 0 Å². The number of aromatic amines is 1. The molecule has 0 aliphatic carbocycles. The predicted octanol–water partition coefficient (Wildman–Crippen LogP) is 2.02. The summed E-state index contributed by atoms with van der Waals surface area (Å²) in [6.45, 7) is 6.10. The van der Waals surface area contributed by atoms with E-state index in [0.717, 1.165) is 12.2 Å². The molecule has 1 atom stereocenters. The average molecular weight is 209 g/mol. The Balaban J connectivity index is 2.51. The fourth-order valence-corrected chi connectivity index (χ4v) is 1.46. The molecular weight excluding hydrogens is 190 g/mol. The van der Waals surface area contributed by atoms with Crippen LogP contribution in [0, 0.1) is 5.92 Å². The molecule has 1 unspecified atom stereocenters. The second kappa shape index (κ2) is 5.53. The van der Waals surface area contributed by atoms with Gasteiger partial charge in [-0.2, -0.15) is 0 Å². The summed E-state index contributed by atoms with van der Waals surface area (Å²) in [6, 6.07) is 0.00579. The quantitative estimate of drug-likeness (QED) is 0.779. The van der Waals surface area contributed by atoms with Crippen molar-refractivity contribution in [1.82, 2.24) is 15.3 Å². The Morgan fingerprint density at radius 3 is 2.80 bits per heavy atom. The van der Waals surface area contributed by atoms with Crippen molar-refractivity contribution < 1.29 is 4.79 Å². The Hall–Kier alpha value is -1.32. The van der Waals surface area contributed by atoms with Crippen molar-refractivity contribution in [2.24, 2.45) is 5.92 Å². The van der Waals surface area contributed by atoms with Gasteiger partial charge in [0.05, 0.1) is 6.04 Å². The first-order valence-electron chi connectivity index (χ1n) is 5.42. The molecule has 0 radical (unpaired) electrons. The third-order valence-corrected chi connectivity index (χ3v) is 2.19. The fraction of sp³-hybridized carbons (Fsp3) is 0.636. The van der Waals surface area contributed by atoms with Crippen LogP contribution in [0.2, 0.25) is 0 Å². The molecule has 0 saturated heterocycles. The zero-order valence-electron chi connectivity index (χ0n) is 9.58. The molecule has 1 amide bonds. The highest BCUT2D eigenvalue weighted by atomic mass is 16.1.